The second kappa shape index (κ2) is 20.3. The van der Waals surface area contributed by atoms with Gasteiger partial charge in [0.2, 0.25) is 11.8 Å². The molecule has 0 spiro atoms. The Labute approximate surface area is 429 Å². The molecule has 0 saturated carbocycles. The molecule has 6 saturated heterocycles. The number of nitrogens with one attached hydrogen (secondary N) is 2. The minimum atomic E-state index is -0.731. The van der Waals surface area contributed by atoms with Crippen molar-refractivity contribution in [2.75, 3.05) is 101 Å². The fourth-order valence-corrected chi connectivity index (χ4v) is 13.0. The Morgan fingerprint density at radius 2 is 1.51 bits per heavy atom. The minimum absolute atomic E-state index is 0.0360. The summed E-state index contributed by atoms with van der Waals surface area (Å²) in [5.74, 6) is 1.97. The molecule has 3 aromatic carbocycles. The van der Waals surface area contributed by atoms with E-state index in [9.17, 15) is 19.5 Å². The molecule has 2 bridgehead atoms. The van der Waals surface area contributed by atoms with Crippen LogP contribution in [-0.4, -0.2) is 167 Å². The molecule has 0 radical (unpaired) electrons. The van der Waals surface area contributed by atoms with E-state index in [1.165, 1.54) is 24.3 Å². The molecule has 3 N–H and O–H groups in total. The van der Waals surface area contributed by atoms with Crippen molar-refractivity contribution in [1.29, 1.82) is 0 Å². The lowest BCUT2D eigenvalue weighted by atomic mass is 9.94. The van der Waals surface area contributed by atoms with Gasteiger partial charge in [0.25, 0.3) is 5.91 Å². The molecule has 5 aromatic rings. The molecule has 0 aliphatic carbocycles. The van der Waals surface area contributed by atoms with E-state index in [4.69, 9.17) is 16.1 Å². The number of piperazine rings is 2. The van der Waals surface area contributed by atoms with E-state index in [0.717, 1.165) is 115 Å². The summed E-state index contributed by atoms with van der Waals surface area (Å²) in [6, 6.07) is 11.6. The Balaban J connectivity index is 0.624. The highest BCUT2D eigenvalue weighted by molar-refractivity contribution is 6.06. The number of carbonyl (C=O) groups is 3. The van der Waals surface area contributed by atoms with Crippen LogP contribution in [-0.2, 0) is 16.1 Å². The van der Waals surface area contributed by atoms with Crippen LogP contribution in [0, 0.1) is 35.8 Å². The number of hydrogen-bond donors (Lipinski definition) is 3. The van der Waals surface area contributed by atoms with Gasteiger partial charge in [-0.25, -0.2) is 8.78 Å². The number of benzene rings is 3. The summed E-state index contributed by atoms with van der Waals surface area (Å²) in [4.78, 5) is 65.9. The molecule has 3 amide bonds. The maximum atomic E-state index is 17.0. The number of aromatic hydroxyl groups is 1. The van der Waals surface area contributed by atoms with Crippen molar-refractivity contribution < 1.29 is 33.0 Å². The molecule has 16 nitrogen and oxygen atoms in total. The number of nitrogens with zero attached hydrogens (tertiary/aromatic N) is 9. The number of pyridine rings is 1. The minimum Gasteiger partial charge on any atom is -0.508 e. The zero-order valence-corrected chi connectivity index (χ0v) is 41.7. The summed E-state index contributed by atoms with van der Waals surface area (Å²) in [5, 5.41) is 17.9. The quantitative estimate of drug-likeness (QED) is 0.111. The largest absolute Gasteiger partial charge is 0.508 e. The number of anilines is 2. The van der Waals surface area contributed by atoms with Crippen molar-refractivity contribution in [3.05, 3.63) is 77.0 Å². The highest BCUT2D eigenvalue weighted by Crippen LogP contribution is 2.40. The van der Waals surface area contributed by atoms with Crippen molar-refractivity contribution in [1.82, 2.24) is 45.2 Å². The zero-order valence-electron chi connectivity index (χ0n) is 41.7. The Bertz CT molecular complexity index is 3040. The normalized spacial score (nSPS) is 23.5. The Hall–Kier alpha value is -6.52. The molecule has 9 heterocycles. The first kappa shape index (κ1) is 48.4. The van der Waals surface area contributed by atoms with E-state index >= 15 is 8.78 Å². The first-order valence-electron chi connectivity index (χ1n) is 26.6. The Morgan fingerprint density at radius 3 is 2.22 bits per heavy atom. The third-order valence-electron chi connectivity index (χ3n) is 17.0. The predicted molar refractivity (Wildman–Crippen MR) is 277 cm³/mol. The lowest BCUT2D eigenvalue weighted by Gasteiger charge is -2.41. The number of phenolic OH excluding ortho intramolecular Hbond substituents is 1. The molecule has 7 aliphatic heterocycles. The highest BCUT2D eigenvalue weighted by atomic mass is 19.1. The van der Waals surface area contributed by atoms with Gasteiger partial charge in [-0.05, 0) is 106 Å². The lowest BCUT2D eigenvalue weighted by molar-refractivity contribution is -0.136. The number of aromatic nitrogens is 3. The standard InChI is InChI=1S/C56H63F2N11O5/c1-2-40-45(57)9-6-36-26-39(70)27-42(49(36)40)51-50(58)52-43(28-59-51)53(68-31-37-7-8-38(32-68)60-37)63-56(62-52)74-25-24-64-16-12-34(13-17-64)29-65-20-22-66(23-21-65)30-35-14-18-67(19-15-35)46-5-3-4-41-44(46)33-69(55(41)73)47-10-11-48(71)61-54(47)72/h1,3-6,9,26-28,34-35,37-38,47,60,70H,7-8,10-25,29-33H2,(H,61,71,72). The van der Waals surface area contributed by atoms with Crippen LogP contribution in [0.1, 0.15) is 72.9 Å². The Kier molecular flexibility index (Phi) is 13.3. The van der Waals surface area contributed by atoms with Crippen LogP contribution in [0.3, 0.4) is 0 Å². The van der Waals surface area contributed by atoms with E-state index in [-0.39, 0.29) is 63.6 Å². The van der Waals surface area contributed by atoms with Crippen LogP contribution in [0.4, 0.5) is 20.3 Å². The van der Waals surface area contributed by atoms with Gasteiger partial charge in [0.1, 0.15) is 41.2 Å². The predicted octanol–water partition coefficient (Wildman–Crippen LogP) is 5.14. The number of carbonyl (C=O) groups excluding carboxylic acids is 3. The maximum absolute atomic E-state index is 17.0. The van der Waals surface area contributed by atoms with Crippen LogP contribution in [0.25, 0.3) is 32.9 Å². The van der Waals surface area contributed by atoms with Gasteiger partial charge in [-0.15, -0.1) is 6.42 Å². The zero-order chi connectivity index (χ0) is 50.6. The van der Waals surface area contributed by atoms with Crippen molar-refractivity contribution in [2.45, 2.75) is 76.0 Å². The summed E-state index contributed by atoms with van der Waals surface area (Å²) < 4.78 is 38.3. The number of ether oxygens (including phenoxy) is 1. The number of imide groups is 1. The topological polar surface area (TPSA) is 163 Å². The monoisotopic (exact) mass is 1010 g/mol. The third kappa shape index (κ3) is 9.48. The van der Waals surface area contributed by atoms with Crippen LogP contribution < -0.4 is 25.2 Å². The first-order valence-corrected chi connectivity index (χ1v) is 26.6. The van der Waals surface area contributed by atoms with Gasteiger partial charge in [0.15, 0.2) is 5.82 Å². The van der Waals surface area contributed by atoms with Gasteiger partial charge in [0.05, 0.1) is 10.9 Å². The number of halogens is 2. The molecule has 12 rings (SSSR count). The number of hydrogen-bond acceptors (Lipinski definition) is 14. The number of rotatable bonds is 12. The number of piperidine rings is 3. The number of terminal acetylenes is 1. The van der Waals surface area contributed by atoms with E-state index in [1.54, 1.807) is 11.1 Å². The molecular weight excluding hydrogens is 945 g/mol. The average molecular weight is 1010 g/mol. The highest BCUT2D eigenvalue weighted by Gasteiger charge is 2.41. The smallest absolute Gasteiger partial charge is 0.319 e. The summed E-state index contributed by atoms with van der Waals surface area (Å²) in [6.07, 6.45) is 14.5. The van der Waals surface area contributed by atoms with E-state index in [1.807, 2.05) is 12.1 Å². The molecule has 18 heteroatoms. The molecule has 3 unspecified atom stereocenters. The molecule has 2 aromatic heterocycles. The first-order chi connectivity index (χ1) is 36.0. The van der Waals surface area contributed by atoms with E-state index < -0.39 is 17.7 Å². The molecule has 7 aliphatic rings. The second-order valence-electron chi connectivity index (χ2n) is 21.6. The molecule has 3 atom stereocenters. The summed E-state index contributed by atoms with van der Waals surface area (Å²) in [5.41, 5.74) is 2.82. The number of likely N-dealkylation sites (tertiary alicyclic amines) is 1. The van der Waals surface area contributed by atoms with Gasteiger partial charge in [0, 0.05) is 131 Å². The summed E-state index contributed by atoms with van der Waals surface area (Å²) in [7, 11) is 0. The van der Waals surface area contributed by atoms with Crippen molar-refractivity contribution in [3.8, 4) is 35.4 Å². The second-order valence-corrected chi connectivity index (χ2v) is 21.6. The van der Waals surface area contributed by atoms with Crippen LogP contribution >= 0.6 is 0 Å². The fourth-order valence-electron chi connectivity index (χ4n) is 13.0. The summed E-state index contributed by atoms with van der Waals surface area (Å²) >= 11 is 0. The van der Waals surface area contributed by atoms with Gasteiger partial charge in [-0.2, -0.15) is 9.97 Å². The molecule has 6 fully saturated rings. The maximum Gasteiger partial charge on any atom is 0.319 e. The van der Waals surface area contributed by atoms with Gasteiger partial charge in [-0.3, -0.25) is 29.6 Å². The van der Waals surface area contributed by atoms with Gasteiger partial charge < -0.3 is 39.7 Å². The van der Waals surface area contributed by atoms with Crippen molar-refractivity contribution in [2.24, 2.45) is 11.8 Å². The van der Waals surface area contributed by atoms with E-state index in [0.29, 0.717) is 85.3 Å². The average Bonchev–Trinajstić information content (AvgIpc) is 3.94. The molecule has 386 valence electrons. The Morgan fingerprint density at radius 1 is 0.797 bits per heavy atom. The molecular formula is C56H63F2N11O5. The number of amides is 3. The molecule has 74 heavy (non-hydrogen) atoms. The summed E-state index contributed by atoms with van der Waals surface area (Å²) in [6.45, 7) is 13.2. The SMILES string of the molecule is C#Cc1c(F)ccc2cc(O)cc(-c3ncc4c(N5CC6CCC(C5)N6)nc(OCCN5CCC(CN6CCN(CC7CCN(c8cccc9c8CN(C8CCC(=O)NC8=O)C9=O)CC7)CC6)CC5)nc4c3F)c12. The number of fused-ring (bicyclic) bond motifs is 5. The van der Waals surface area contributed by atoms with Crippen LogP contribution in [0.2, 0.25) is 0 Å². The van der Waals surface area contributed by atoms with Crippen LogP contribution in [0.15, 0.2) is 48.7 Å². The van der Waals surface area contributed by atoms with Gasteiger partial charge in [-0.1, -0.05) is 18.1 Å². The van der Waals surface area contributed by atoms with Crippen LogP contribution in [0.5, 0.6) is 11.8 Å². The van der Waals surface area contributed by atoms with E-state index in [2.05, 4.69) is 57.1 Å². The van der Waals surface area contributed by atoms with Crippen molar-refractivity contribution in [3.63, 3.8) is 0 Å². The fraction of sp³-hybridized carbons (Fsp3) is 0.500. The van der Waals surface area contributed by atoms with Gasteiger partial charge >= 0.3 is 6.01 Å². The van der Waals surface area contributed by atoms with Crippen molar-refractivity contribution >= 4 is 50.9 Å². The number of phenols is 1. The third-order valence-corrected chi connectivity index (χ3v) is 17.0. The lowest BCUT2D eigenvalue weighted by Crippen LogP contribution is -2.52.